The third-order valence-corrected chi connectivity index (χ3v) is 3.86. The number of para-hydroxylation sites is 1. The lowest BCUT2D eigenvalue weighted by Gasteiger charge is -2.10. The van der Waals surface area contributed by atoms with Gasteiger partial charge in [-0.05, 0) is 18.2 Å². The lowest BCUT2D eigenvalue weighted by atomic mass is 10.0. The summed E-state index contributed by atoms with van der Waals surface area (Å²) in [6.07, 6.45) is 1.62. The molecular formula is C18H17NO5. The van der Waals surface area contributed by atoms with E-state index in [-0.39, 0.29) is 11.7 Å². The van der Waals surface area contributed by atoms with Gasteiger partial charge in [-0.2, -0.15) is 0 Å². The number of hydrogen-bond donors (Lipinski definition) is 2. The molecule has 0 saturated carbocycles. The maximum atomic E-state index is 12.3. The number of fused-ring (bicyclic) bond motifs is 1. The summed E-state index contributed by atoms with van der Waals surface area (Å²) in [5.41, 5.74) is 2.22. The summed E-state index contributed by atoms with van der Waals surface area (Å²) in [4.78, 5) is 12.3. The van der Waals surface area contributed by atoms with Gasteiger partial charge >= 0.3 is 0 Å². The molecule has 0 bridgehead atoms. The van der Waals surface area contributed by atoms with Crippen LogP contribution < -0.4 is 19.5 Å². The lowest BCUT2D eigenvalue weighted by Crippen LogP contribution is -2.03. The van der Waals surface area contributed by atoms with Gasteiger partial charge < -0.3 is 24.6 Å². The molecule has 24 heavy (non-hydrogen) atoms. The quantitative estimate of drug-likeness (QED) is 0.844. The van der Waals surface area contributed by atoms with E-state index in [1.165, 1.54) is 21.3 Å². The molecule has 1 amide bonds. The van der Waals surface area contributed by atoms with Gasteiger partial charge in [0.1, 0.15) is 0 Å². The Morgan fingerprint density at radius 1 is 1.00 bits per heavy atom. The van der Waals surface area contributed by atoms with Crippen molar-refractivity contribution in [1.29, 1.82) is 0 Å². The minimum atomic E-state index is -0.262. The van der Waals surface area contributed by atoms with E-state index >= 15 is 0 Å². The molecule has 0 atom stereocenters. The monoisotopic (exact) mass is 327 g/mol. The Morgan fingerprint density at radius 2 is 1.67 bits per heavy atom. The highest BCUT2D eigenvalue weighted by Gasteiger charge is 2.27. The van der Waals surface area contributed by atoms with E-state index in [1.807, 2.05) is 0 Å². The Morgan fingerprint density at radius 3 is 2.33 bits per heavy atom. The molecule has 0 fully saturated rings. The van der Waals surface area contributed by atoms with E-state index in [4.69, 9.17) is 14.2 Å². The summed E-state index contributed by atoms with van der Waals surface area (Å²) in [6, 6.07) is 8.53. The Bertz CT molecular complexity index is 842. The van der Waals surface area contributed by atoms with E-state index in [0.29, 0.717) is 39.6 Å². The fourth-order valence-electron chi connectivity index (χ4n) is 2.64. The first-order valence-corrected chi connectivity index (χ1v) is 7.24. The zero-order valence-corrected chi connectivity index (χ0v) is 13.5. The number of methoxy groups -OCH3 is 3. The zero-order valence-electron chi connectivity index (χ0n) is 13.5. The topological polar surface area (TPSA) is 77.0 Å². The van der Waals surface area contributed by atoms with Crippen LogP contribution in [0.25, 0.3) is 11.6 Å². The number of nitrogens with one attached hydrogen (secondary N) is 1. The minimum absolute atomic E-state index is 0.0192. The maximum absolute atomic E-state index is 12.3. The van der Waals surface area contributed by atoms with Gasteiger partial charge in [-0.15, -0.1) is 0 Å². The van der Waals surface area contributed by atoms with Gasteiger partial charge in [0.2, 0.25) is 0 Å². The number of amides is 1. The fraction of sp³-hybridized carbons (Fsp3) is 0.167. The number of phenolic OH excluding ortho intramolecular Hbond substituents is 1. The molecule has 2 N–H and O–H groups in total. The first-order valence-electron chi connectivity index (χ1n) is 7.24. The molecule has 6 heteroatoms. The van der Waals surface area contributed by atoms with Gasteiger partial charge in [0.05, 0.1) is 27.0 Å². The molecule has 1 aliphatic rings. The van der Waals surface area contributed by atoms with E-state index in [1.54, 1.807) is 36.4 Å². The molecule has 0 saturated heterocycles. The van der Waals surface area contributed by atoms with Gasteiger partial charge in [-0.3, -0.25) is 4.79 Å². The molecule has 2 aromatic carbocycles. The highest BCUT2D eigenvalue weighted by molar-refractivity contribution is 6.35. The number of rotatable bonds is 4. The van der Waals surface area contributed by atoms with E-state index in [9.17, 15) is 9.90 Å². The van der Waals surface area contributed by atoms with Crippen LogP contribution in [0.1, 0.15) is 11.1 Å². The van der Waals surface area contributed by atoms with Gasteiger partial charge in [0, 0.05) is 22.8 Å². The summed E-state index contributed by atoms with van der Waals surface area (Å²) >= 11 is 0. The number of phenols is 1. The summed E-state index contributed by atoms with van der Waals surface area (Å²) in [5.74, 6) is 1.11. The molecule has 6 nitrogen and oxygen atoms in total. The molecule has 0 spiro atoms. The Labute approximate surface area is 139 Å². The number of carbonyl (C=O) groups excluding carboxylic acids is 1. The van der Waals surface area contributed by atoms with Crippen LogP contribution in [0.3, 0.4) is 0 Å². The zero-order chi connectivity index (χ0) is 17.3. The summed E-state index contributed by atoms with van der Waals surface area (Å²) in [6.45, 7) is 0. The molecule has 0 unspecified atom stereocenters. The highest BCUT2D eigenvalue weighted by Crippen LogP contribution is 2.42. The van der Waals surface area contributed by atoms with Crippen LogP contribution >= 0.6 is 0 Å². The van der Waals surface area contributed by atoms with Crippen molar-refractivity contribution in [3.8, 4) is 23.0 Å². The second-order valence-corrected chi connectivity index (χ2v) is 5.16. The Hall–Kier alpha value is -3.15. The molecule has 1 heterocycles. The Balaban J connectivity index is 2.13. The second-order valence-electron chi connectivity index (χ2n) is 5.16. The third-order valence-electron chi connectivity index (χ3n) is 3.86. The minimum Gasteiger partial charge on any atom is -0.504 e. The van der Waals surface area contributed by atoms with Crippen LogP contribution in [0.15, 0.2) is 30.3 Å². The van der Waals surface area contributed by atoms with Crippen LogP contribution in [0, 0.1) is 0 Å². The molecule has 3 rings (SSSR count). The largest absolute Gasteiger partial charge is 0.504 e. The van der Waals surface area contributed by atoms with Crippen molar-refractivity contribution < 1.29 is 24.1 Å². The van der Waals surface area contributed by atoms with Crippen molar-refractivity contribution in [3.05, 3.63) is 41.5 Å². The predicted octanol–water partition coefficient (Wildman–Crippen LogP) is 2.91. The van der Waals surface area contributed by atoms with Gasteiger partial charge in [0.25, 0.3) is 5.91 Å². The van der Waals surface area contributed by atoms with Crippen molar-refractivity contribution >= 4 is 23.2 Å². The summed E-state index contributed by atoms with van der Waals surface area (Å²) in [5, 5.41) is 13.0. The van der Waals surface area contributed by atoms with E-state index in [0.717, 1.165) is 0 Å². The second kappa shape index (κ2) is 6.16. The van der Waals surface area contributed by atoms with Gasteiger partial charge in [0.15, 0.2) is 23.0 Å². The number of anilines is 1. The van der Waals surface area contributed by atoms with Gasteiger partial charge in [-0.1, -0.05) is 12.1 Å². The molecular weight excluding hydrogens is 310 g/mol. The molecule has 1 aliphatic heterocycles. The van der Waals surface area contributed by atoms with E-state index < -0.39 is 0 Å². The first kappa shape index (κ1) is 15.7. The number of aromatic hydroxyl groups is 1. The number of benzene rings is 2. The summed E-state index contributed by atoms with van der Waals surface area (Å²) < 4.78 is 15.6. The average Bonchev–Trinajstić information content (AvgIpc) is 2.90. The fourth-order valence-corrected chi connectivity index (χ4v) is 2.64. The highest BCUT2D eigenvalue weighted by atomic mass is 16.5. The molecule has 124 valence electrons. The lowest BCUT2D eigenvalue weighted by molar-refractivity contribution is -0.110. The van der Waals surface area contributed by atoms with Crippen LogP contribution in [-0.4, -0.2) is 32.3 Å². The predicted molar refractivity (Wildman–Crippen MR) is 90.7 cm³/mol. The van der Waals surface area contributed by atoms with Crippen molar-refractivity contribution in [2.75, 3.05) is 26.6 Å². The SMILES string of the molecule is COc1cc2c(cc1OC)/C(=C/c1cccc(OC)c1O)C(=O)N2. The average molecular weight is 327 g/mol. The van der Waals surface area contributed by atoms with Crippen LogP contribution in [0.4, 0.5) is 5.69 Å². The van der Waals surface area contributed by atoms with Crippen molar-refractivity contribution in [2.45, 2.75) is 0 Å². The maximum Gasteiger partial charge on any atom is 0.256 e. The number of carbonyl (C=O) groups is 1. The normalized spacial score (nSPS) is 14.3. The molecule has 2 aromatic rings. The van der Waals surface area contributed by atoms with Crippen LogP contribution in [0.2, 0.25) is 0 Å². The Kier molecular flexibility index (Phi) is 4.04. The summed E-state index contributed by atoms with van der Waals surface area (Å²) in [7, 11) is 4.54. The van der Waals surface area contributed by atoms with Crippen molar-refractivity contribution in [3.63, 3.8) is 0 Å². The molecule has 0 aromatic heterocycles. The number of ether oxygens (including phenoxy) is 3. The van der Waals surface area contributed by atoms with Crippen molar-refractivity contribution in [1.82, 2.24) is 0 Å². The van der Waals surface area contributed by atoms with Crippen molar-refractivity contribution in [2.24, 2.45) is 0 Å². The first-order chi connectivity index (χ1) is 11.6. The standard InChI is InChI=1S/C18H17NO5/c1-22-14-6-4-5-10(17(14)20)7-12-11-8-15(23-2)16(24-3)9-13(11)19-18(12)21/h4-9,20H,1-3H3,(H,19,21)/b12-7-. The molecule has 0 aliphatic carbocycles. The molecule has 0 radical (unpaired) electrons. The van der Waals surface area contributed by atoms with E-state index in [2.05, 4.69) is 5.32 Å². The van der Waals surface area contributed by atoms with Crippen LogP contribution in [0.5, 0.6) is 23.0 Å². The van der Waals surface area contributed by atoms with Crippen LogP contribution in [-0.2, 0) is 4.79 Å². The van der Waals surface area contributed by atoms with Gasteiger partial charge in [-0.25, -0.2) is 0 Å². The number of hydrogen-bond acceptors (Lipinski definition) is 5. The third kappa shape index (κ3) is 2.52. The smallest absolute Gasteiger partial charge is 0.256 e.